The highest BCUT2D eigenvalue weighted by Crippen LogP contribution is 2.16. The van der Waals surface area contributed by atoms with Gasteiger partial charge in [0.2, 0.25) is 12.2 Å². The van der Waals surface area contributed by atoms with Gasteiger partial charge in [0.1, 0.15) is 5.69 Å². The Kier molecular flexibility index (Phi) is 5.73. The second-order valence-corrected chi connectivity index (χ2v) is 3.91. The van der Waals surface area contributed by atoms with Crippen LogP contribution in [0, 0.1) is 5.92 Å². The van der Waals surface area contributed by atoms with E-state index in [0.29, 0.717) is 25.5 Å². The van der Waals surface area contributed by atoms with E-state index in [1.165, 1.54) is 0 Å². The molecule has 1 aromatic rings. The second kappa shape index (κ2) is 7.07. The Morgan fingerprint density at radius 2 is 2.06 bits per heavy atom. The van der Waals surface area contributed by atoms with Crippen molar-refractivity contribution < 1.29 is 14.3 Å². The minimum Gasteiger partial charge on any atom is -0.369 e. The number of nitrogens with zero attached hydrogens (tertiary/aromatic N) is 3. The predicted molar refractivity (Wildman–Crippen MR) is 64.4 cm³/mol. The lowest BCUT2D eigenvalue weighted by molar-refractivity contribution is -0.142. The van der Waals surface area contributed by atoms with Crippen molar-refractivity contribution in [3.05, 3.63) is 11.9 Å². The molecule has 18 heavy (non-hydrogen) atoms. The molecule has 0 aliphatic heterocycles. The first kappa shape index (κ1) is 14.6. The Bertz CT molecular complexity index is 374. The van der Waals surface area contributed by atoms with Crippen LogP contribution in [0.1, 0.15) is 32.8 Å². The Hall–Kier alpha value is -1.47. The molecule has 1 amide bonds. The quantitative estimate of drug-likeness (QED) is 0.682. The summed E-state index contributed by atoms with van der Waals surface area (Å²) in [6.45, 7) is 6.95. The zero-order chi connectivity index (χ0) is 13.5. The van der Waals surface area contributed by atoms with Crippen molar-refractivity contribution in [1.82, 2.24) is 15.0 Å². The number of amides is 1. The molecule has 7 nitrogen and oxygen atoms in total. The minimum absolute atomic E-state index is 0.294. The summed E-state index contributed by atoms with van der Waals surface area (Å²) in [6.07, 6.45) is 1.19. The zero-order valence-electron chi connectivity index (χ0n) is 11.0. The Morgan fingerprint density at radius 1 is 1.44 bits per heavy atom. The van der Waals surface area contributed by atoms with Gasteiger partial charge in [0.15, 0.2) is 0 Å². The highest BCUT2D eigenvalue weighted by Gasteiger charge is 2.17. The summed E-state index contributed by atoms with van der Waals surface area (Å²) in [4.78, 5) is 11.0. The molecule has 0 saturated heterocycles. The van der Waals surface area contributed by atoms with Gasteiger partial charge in [-0.15, -0.1) is 5.10 Å². The van der Waals surface area contributed by atoms with Crippen molar-refractivity contribution in [1.29, 1.82) is 0 Å². The van der Waals surface area contributed by atoms with Crippen LogP contribution < -0.4 is 5.73 Å². The average molecular weight is 256 g/mol. The lowest BCUT2D eigenvalue weighted by Gasteiger charge is -2.13. The predicted octanol–water partition coefficient (Wildman–Crippen LogP) is 0.471. The van der Waals surface area contributed by atoms with E-state index >= 15 is 0 Å². The summed E-state index contributed by atoms with van der Waals surface area (Å²) < 4.78 is 12.4. The van der Waals surface area contributed by atoms with Gasteiger partial charge in [0.05, 0.1) is 18.7 Å². The zero-order valence-corrected chi connectivity index (χ0v) is 11.0. The molecule has 0 aromatic carbocycles. The number of nitrogens with two attached hydrogens (primary N) is 1. The maximum atomic E-state index is 11.0. The van der Waals surface area contributed by atoms with Crippen LogP contribution in [0.4, 0.5) is 0 Å². The van der Waals surface area contributed by atoms with Gasteiger partial charge >= 0.3 is 0 Å². The molecule has 102 valence electrons. The largest absolute Gasteiger partial charge is 0.369 e. The maximum Gasteiger partial charge on any atom is 0.222 e. The second-order valence-electron chi connectivity index (χ2n) is 3.91. The van der Waals surface area contributed by atoms with Crippen molar-refractivity contribution >= 4 is 5.91 Å². The smallest absolute Gasteiger partial charge is 0.222 e. The molecule has 0 bridgehead atoms. The van der Waals surface area contributed by atoms with Crippen molar-refractivity contribution in [3.63, 3.8) is 0 Å². The number of ether oxygens (including phenoxy) is 2. The lowest BCUT2D eigenvalue weighted by atomic mass is 10.2. The van der Waals surface area contributed by atoms with Gasteiger partial charge in [0, 0.05) is 13.2 Å². The van der Waals surface area contributed by atoms with Crippen LogP contribution in [0.3, 0.4) is 0 Å². The van der Waals surface area contributed by atoms with E-state index in [9.17, 15) is 4.79 Å². The van der Waals surface area contributed by atoms with E-state index in [1.807, 2.05) is 13.8 Å². The minimum atomic E-state index is -0.516. The van der Waals surface area contributed by atoms with E-state index in [0.717, 1.165) is 0 Å². The molecule has 1 unspecified atom stereocenters. The maximum absolute atomic E-state index is 11.0. The van der Waals surface area contributed by atoms with E-state index in [1.54, 1.807) is 17.8 Å². The van der Waals surface area contributed by atoms with Gasteiger partial charge in [-0.1, -0.05) is 12.1 Å². The average Bonchev–Trinajstić information content (AvgIpc) is 2.77. The van der Waals surface area contributed by atoms with E-state index in [4.69, 9.17) is 15.2 Å². The third kappa shape index (κ3) is 4.08. The van der Waals surface area contributed by atoms with Gasteiger partial charge in [-0.05, 0) is 13.8 Å². The van der Waals surface area contributed by atoms with E-state index in [2.05, 4.69) is 10.3 Å². The van der Waals surface area contributed by atoms with Crippen LogP contribution in [-0.4, -0.2) is 34.1 Å². The Balaban J connectivity index is 2.68. The molecule has 1 aromatic heterocycles. The number of hydrogen-bond donors (Lipinski definition) is 1. The topological polar surface area (TPSA) is 92.3 Å². The molecular formula is C11H20N4O3. The first-order valence-electron chi connectivity index (χ1n) is 6.01. The number of primary amides is 1. The van der Waals surface area contributed by atoms with Gasteiger partial charge in [-0.25, -0.2) is 0 Å². The SMILES string of the molecule is CCOC(OCC)c1cn(CC(C)C(N)=O)nn1. The molecule has 2 N–H and O–H groups in total. The molecule has 7 heteroatoms. The number of aromatic nitrogens is 3. The van der Waals surface area contributed by atoms with Crippen molar-refractivity contribution in [2.75, 3.05) is 13.2 Å². The third-order valence-corrected chi connectivity index (χ3v) is 2.38. The normalized spacial score (nSPS) is 12.9. The first-order chi connectivity index (χ1) is 8.58. The molecule has 0 radical (unpaired) electrons. The number of carbonyl (C=O) groups is 1. The fraction of sp³-hybridized carbons (Fsp3) is 0.727. The fourth-order valence-corrected chi connectivity index (χ4v) is 1.40. The van der Waals surface area contributed by atoms with Crippen LogP contribution in [0.15, 0.2) is 6.20 Å². The molecule has 1 rings (SSSR count). The highest BCUT2D eigenvalue weighted by molar-refractivity contribution is 5.76. The summed E-state index contributed by atoms with van der Waals surface area (Å²) in [5.74, 6) is -0.657. The molecule has 0 fully saturated rings. The number of hydrogen-bond acceptors (Lipinski definition) is 5. The lowest BCUT2D eigenvalue weighted by Crippen LogP contribution is -2.24. The van der Waals surface area contributed by atoms with Gasteiger partial charge in [0.25, 0.3) is 0 Å². The van der Waals surface area contributed by atoms with Crippen LogP contribution in [0.2, 0.25) is 0 Å². The molecule has 0 aliphatic rings. The highest BCUT2D eigenvalue weighted by atomic mass is 16.7. The van der Waals surface area contributed by atoms with Gasteiger partial charge in [-0.3, -0.25) is 9.48 Å². The number of rotatable bonds is 8. The standard InChI is InChI=1S/C11H20N4O3/c1-4-17-11(18-5-2)9-7-15(14-13-9)6-8(3)10(12)16/h7-8,11H,4-6H2,1-3H3,(H2,12,16). The van der Waals surface area contributed by atoms with Crippen molar-refractivity contribution in [3.8, 4) is 0 Å². The van der Waals surface area contributed by atoms with Crippen LogP contribution in [-0.2, 0) is 20.8 Å². The van der Waals surface area contributed by atoms with E-state index in [-0.39, 0.29) is 11.8 Å². The molecule has 0 aliphatic carbocycles. The van der Waals surface area contributed by atoms with Gasteiger partial charge < -0.3 is 15.2 Å². The molecule has 0 saturated carbocycles. The first-order valence-corrected chi connectivity index (χ1v) is 6.01. The van der Waals surface area contributed by atoms with Crippen LogP contribution >= 0.6 is 0 Å². The Morgan fingerprint density at radius 3 is 2.56 bits per heavy atom. The van der Waals surface area contributed by atoms with Gasteiger partial charge in [-0.2, -0.15) is 0 Å². The summed E-state index contributed by atoms with van der Waals surface area (Å²) in [5.41, 5.74) is 5.79. The molecule has 1 heterocycles. The monoisotopic (exact) mass is 256 g/mol. The van der Waals surface area contributed by atoms with Crippen molar-refractivity contribution in [2.45, 2.75) is 33.6 Å². The molecule has 0 spiro atoms. The summed E-state index contributed by atoms with van der Waals surface area (Å²) in [7, 11) is 0. The summed E-state index contributed by atoms with van der Waals surface area (Å²) in [5, 5.41) is 7.90. The molecule has 1 atom stereocenters. The fourth-order valence-electron chi connectivity index (χ4n) is 1.40. The summed E-state index contributed by atoms with van der Waals surface area (Å²) in [6, 6.07) is 0. The van der Waals surface area contributed by atoms with E-state index < -0.39 is 6.29 Å². The third-order valence-electron chi connectivity index (χ3n) is 2.38. The van der Waals surface area contributed by atoms with Crippen LogP contribution in [0.5, 0.6) is 0 Å². The number of carbonyl (C=O) groups excluding carboxylic acids is 1. The van der Waals surface area contributed by atoms with Crippen molar-refractivity contribution in [2.24, 2.45) is 11.7 Å². The molecular weight excluding hydrogens is 236 g/mol. The van der Waals surface area contributed by atoms with Crippen LogP contribution in [0.25, 0.3) is 0 Å². The Labute approximate surface area is 106 Å². The summed E-state index contributed by atoms with van der Waals surface area (Å²) >= 11 is 0.